The molecule has 0 atom stereocenters. The number of hydrazine groups is 1. The van der Waals surface area contributed by atoms with Crippen LogP contribution < -0.4 is 10.9 Å². The average molecular weight is 226 g/mol. The molecule has 0 spiro atoms. The van der Waals surface area contributed by atoms with Crippen molar-refractivity contribution in [3.8, 4) is 0 Å². The van der Waals surface area contributed by atoms with E-state index in [1.54, 1.807) is 7.05 Å². The van der Waals surface area contributed by atoms with Crippen molar-refractivity contribution in [1.29, 1.82) is 0 Å². The van der Waals surface area contributed by atoms with Crippen LogP contribution in [0.1, 0.15) is 18.4 Å². The topological polar surface area (TPSA) is 41.1 Å². The molecule has 1 amide bonds. The highest BCUT2D eigenvalue weighted by Gasteiger charge is 2.52. The fourth-order valence-electron chi connectivity index (χ4n) is 1.85. The second-order valence-electron chi connectivity index (χ2n) is 3.91. The first-order valence-electron chi connectivity index (χ1n) is 5.03. The number of nitrogens with one attached hydrogen (secondary N) is 2. The highest BCUT2D eigenvalue weighted by atomic mass is 19.1. The molecule has 0 aliphatic heterocycles. The molecule has 1 aromatic carbocycles. The van der Waals surface area contributed by atoms with Gasteiger partial charge in [-0.05, 0) is 18.9 Å². The van der Waals surface area contributed by atoms with Gasteiger partial charge >= 0.3 is 0 Å². The molecule has 2 N–H and O–H groups in total. The summed E-state index contributed by atoms with van der Waals surface area (Å²) in [5, 5.41) is 0. The summed E-state index contributed by atoms with van der Waals surface area (Å²) in [7, 11) is 1.56. The normalized spacial score (nSPS) is 16.9. The SMILES string of the molecule is CNNC(=O)C1(c2ccc(F)cc2F)CC1. The number of hydrogen-bond acceptors (Lipinski definition) is 2. The van der Waals surface area contributed by atoms with E-state index in [2.05, 4.69) is 10.9 Å². The van der Waals surface area contributed by atoms with E-state index < -0.39 is 17.0 Å². The average Bonchev–Trinajstić information content (AvgIpc) is 2.99. The minimum atomic E-state index is -0.819. The van der Waals surface area contributed by atoms with Crippen molar-refractivity contribution in [2.45, 2.75) is 18.3 Å². The molecule has 1 saturated carbocycles. The van der Waals surface area contributed by atoms with Crippen molar-refractivity contribution in [3.05, 3.63) is 35.4 Å². The van der Waals surface area contributed by atoms with Gasteiger partial charge in [0.25, 0.3) is 0 Å². The first-order valence-corrected chi connectivity index (χ1v) is 5.03. The maximum atomic E-state index is 13.5. The molecular formula is C11H12F2N2O. The van der Waals surface area contributed by atoms with Crippen LogP contribution in [0, 0.1) is 11.6 Å². The van der Waals surface area contributed by atoms with Gasteiger partial charge in [0.15, 0.2) is 0 Å². The van der Waals surface area contributed by atoms with Crippen LogP contribution in [0.4, 0.5) is 8.78 Å². The molecule has 0 bridgehead atoms. The van der Waals surface area contributed by atoms with Gasteiger partial charge in [-0.15, -0.1) is 0 Å². The van der Waals surface area contributed by atoms with E-state index in [9.17, 15) is 13.6 Å². The van der Waals surface area contributed by atoms with Crippen LogP contribution in [0.5, 0.6) is 0 Å². The monoisotopic (exact) mass is 226 g/mol. The van der Waals surface area contributed by atoms with Crippen LogP contribution in [0.2, 0.25) is 0 Å². The summed E-state index contributed by atoms with van der Waals surface area (Å²) in [6.45, 7) is 0. The Morgan fingerprint density at radius 3 is 2.56 bits per heavy atom. The van der Waals surface area contributed by atoms with Crippen LogP contribution in [0.3, 0.4) is 0 Å². The van der Waals surface area contributed by atoms with Gasteiger partial charge in [-0.1, -0.05) is 6.07 Å². The lowest BCUT2D eigenvalue weighted by atomic mass is 9.94. The Kier molecular flexibility index (Phi) is 2.63. The molecule has 1 fully saturated rings. The quantitative estimate of drug-likeness (QED) is 0.761. The van der Waals surface area contributed by atoms with Crippen LogP contribution >= 0.6 is 0 Å². The molecule has 86 valence electrons. The minimum Gasteiger partial charge on any atom is -0.291 e. The summed E-state index contributed by atoms with van der Waals surface area (Å²) < 4.78 is 26.3. The Morgan fingerprint density at radius 1 is 1.38 bits per heavy atom. The Hall–Kier alpha value is -1.49. The highest BCUT2D eigenvalue weighted by Crippen LogP contribution is 2.49. The molecule has 1 aromatic rings. The molecule has 3 nitrogen and oxygen atoms in total. The smallest absolute Gasteiger partial charge is 0.244 e. The number of rotatable bonds is 3. The molecule has 0 heterocycles. The van der Waals surface area contributed by atoms with Crippen LogP contribution in [0.15, 0.2) is 18.2 Å². The van der Waals surface area contributed by atoms with Gasteiger partial charge in [0.2, 0.25) is 5.91 Å². The first-order chi connectivity index (χ1) is 7.60. The van der Waals surface area contributed by atoms with E-state index in [-0.39, 0.29) is 11.5 Å². The lowest BCUT2D eigenvalue weighted by Crippen LogP contribution is -2.42. The zero-order valence-electron chi connectivity index (χ0n) is 8.81. The highest BCUT2D eigenvalue weighted by molar-refractivity contribution is 5.90. The van der Waals surface area contributed by atoms with Crippen LogP contribution in [0.25, 0.3) is 0 Å². The molecule has 1 aliphatic rings. The molecule has 2 rings (SSSR count). The van der Waals surface area contributed by atoms with Crippen molar-refractivity contribution in [1.82, 2.24) is 10.9 Å². The predicted molar refractivity (Wildman–Crippen MR) is 54.5 cm³/mol. The van der Waals surface area contributed by atoms with Gasteiger partial charge in [-0.2, -0.15) is 0 Å². The molecule has 16 heavy (non-hydrogen) atoms. The molecule has 0 radical (unpaired) electrons. The van der Waals surface area contributed by atoms with E-state index in [4.69, 9.17) is 0 Å². The van der Waals surface area contributed by atoms with Crippen molar-refractivity contribution in [2.24, 2.45) is 0 Å². The third-order valence-electron chi connectivity index (χ3n) is 2.87. The summed E-state index contributed by atoms with van der Waals surface area (Å²) in [5.74, 6) is -1.57. The second-order valence-corrected chi connectivity index (χ2v) is 3.91. The van der Waals surface area contributed by atoms with Crippen molar-refractivity contribution in [3.63, 3.8) is 0 Å². The summed E-state index contributed by atoms with van der Waals surface area (Å²) in [6, 6.07) is 3.32. The van der Waals surface area contributed by atoms with E-state index in [0.29, 0.717) is 12.8 Å². The third-order valence-corrected chi connectivity index (χ3v) is 2.87. The zero-order chi connectivity index (χ0) is 11.8. The molecule has 0 unspecified atom stereocenters. The maximum absolute atomic E-state index is 13.5. The Morgan fingerprint density at radius 2 is 2.06 bits per heavy atom. The second kappa shape index (κ2) is 3.83. The summed E-state index contributed by atoms with van der Waals surface area (Å²) in [6.07, 6.45) is 1.17. The first kappa shape index (κ1) is 11.0. The number of carbonyl (C=O) groups excluding carboxylic acids is 1. The van der Waals surface area contributed by atoms with Crippen molar-refractivity contribution < 1.29 is 13.6 Å². The number of halogens is 2. The van der Waals surface area contributed by atoms with E-state index in [0.717, 1.165) is 6.07 Å². The molecule has 1 aliphatic carbocycles. The summed E-state index contributed by atoms with van der Waals surface area (Å²) in [5.41, 5.74) is 4.40. The van der Waals surface area contributed by atoms with Gasteiger partial charge in [-0.3, -0.25) is 10.2 Å². The molecule has 5 heteroatoms. The molecular weight excluding hydrogens is 214 g/mol. The van der Waals surface area contributed by atoms with E-state index in [1.807, 2.05) is 0 Å². The lowest BCUT2D eigenvalue weighted by Gasteiger charge is -2.15. The van der Waals surface area contributed by atoms with Gasteiger partial charge < -0.3 is 0 Å². The van der Waals surface area contributed by atoms with E-state index in [1.165, 1.54) is 12.1 Å². The standard InChI is InChI=1S/C11H12F2N2O/c1-14-15-10(16)11(4-5-11)8-3-2-7(12)6-9(8)13/h2-3,6,14H,4-5H2,1H3,(H,15,16). The largest absolute Gasteiger partial charge is 0.291 e. The Labute approximate surface area is 91.8 Å². The third kappa shape index (κ3) is 1.67. The fraction of sp³-hybridized carbons (Fsp3) is 0.364. The fourth-order valence-corrected chi connectivity index (χ4v) is 1.85. The lowest BCUT2D eigenvalue weighted by molar-refractivity contribution is -0.124. The molecule has 0 saturated heterocycles. The Balaban J connectivity index is 2.33. The zero-order valence-corrected chi connectivity index (χ0v) is 8.81. The summed E-state index contributed by atoms with van der Waals surface area (Å²) >= 11 is 0. The maximum Gasteiger partial charge on any atom is 0.244 e. The van der Waals surface area contributed by atoms with Crippen molar-refractivity contribution >= 4 is 5.91 Å². The van der Waals surface area contributed by atoms with Gasteiger partial charge in [0.1, 0.15) is 11.6 Å². The Bertz CT molecular complexity index is 430. The number of carbonyl (C=O) groups is 1. The molecule has 0 aromatic heterocycles. The number of hydrogen-bond donors (Lipinski definition) is 2. The predicted octanol–water partition coefficient (Wildman–Crippen LogP) is 1.25. The van der Waals surface area contributed by atoms with Crippen molar-refractivity contribution in [2.75, 3.05) is 7.05 Å². The number of benzene rings is 1. The minimum absolute atomic E-state index is 0.265. The van der Waals surface area contributed by atoms with E-state index >= 15 is 0 Å². The number of amides is 1. The van der Waals surface area contributed by atoms with Gasteiger partial charge in [-0.25, -0.2) is 14.2 Å². The van der Waals surface area contributed by atoms with Crippen LogP contribution in [-0.2, 0) is 10.2 Å². The summed E-state index contributed by atoms with van der Waals surface area (Å²) in [4.78, 5) is 11.7. The van der Waals surface area contributed by atoms with Gasteiger partial charge in [0, 0.05) is 18.7 Å². The van der Waals surface area contributed by atoms with Gasteiger partial charge in [0.05, 0.1) is 5.41 Å². The van der Waals surface area contributed by atoms with Crippen LogP contribution in [-0.4, -0.2) is 13.0 Å².